The molecule has 3 rings (SSSR count). The number of aryl methyl sites for hydroxylation is 1. The van der Waals surface area contributed by atoms with Crippen LogP contribution in [-0.4, -0.2) is 67.6 Å². The molecular weight excluding hydrogens is 406 g/mol. The van der Waals surface area contributed by atoms with Gasteiger partial charge in [0.25, 0.3) is 0 Å². The lowest BCUT2D eigenvalue weighted by atomic mass is 10.1. The predicted molar refractivity (Wildman–Crippen MR) is 125 cm³/mol. The van der Waals surface area contributed by atoms with Crippen LogP contribution in [-0.2, 0) is 16.0 Å². The van der Waals surface area contributed by atoms with Crippen molar-refractivity contribution in [2.45, 2.75) is 27.2 Å². The van der Waals surface area contributed by atoms with E-state index >= 15 is 0 Å². The van der Waals surface area contributed by atoms with E-state index in [1.54, 1.807) is 6.07 Å². The second-order valence-electron chi connectivity index (χ2n) is 7.83. The van der Waals surface area contributed by atoms with E-state index in [0.717, 1.165) is 11.1 Å². The van der Waals surface area contributed by atoms with Crippen LogP contribution >= 0.6 is 0 Å². The minimum absolute atomic E-state index is 0.112. The summed E-state index contributed by atoms with van der Waals surface area (Å²) in [6.07, 6.45) is 0.420. The highest BCUT2D eigenvalue weighted by Crippen LogP contribution is 2.29. The van der Waals surface area contributed by atoms with Crippen LogP contribution in [0.4, 0.5) is 5.69 Å². The van der Waals surface area contributed by atoms with Gasteiger partial charge in [0, 0.05) is 32.2 Å². The van der Waals surface area contributed by atoms with Crippen LogP contribution in [0.5, 0.6) is 11.5 Å². The van der Waals surface area contributed by atoms with Crippen LogP contribution in [0.2, 0.25) is 0 Å². The van der Waals surface area contributed by atoms with Crippen LogP contribution in [0.3, 0.4) is 0 Å². The van der Waals surface area contributed by atoms with E-state index in [2.05, 4.69) is 10.2 Å². The Morgan fingerprint density at radius 3 is 2.38 bits per heavy atom. The summed E-state index contributed by atoms with van der Waals surface area (Å²) in [5.41, 5.74) is 2.81. The second kappa shape index (κ2) is 11.5. The molecule has 2 amide bonds. The SMILES string of the molecule is CCOc1ccc(OCC)c(NC(=O)CN2CCN(C(=O)Cc3ccccc3C)CC2)c1. The van der Waals surface area contributed by atoms with Gasteiger partial charge in [0.1, 0.15) is 11.5 Å². The van der Waals surface area contributed by atoms with Gasteiger partial charge in [0.05, 0.1) is 31.9 Å². The van der Waals surface area contributed by atoms with Gasteiger partial charge in [-0.2, -0.15) is 0 Å². The fourth-order valence-corrected chi connectivity index (χ4v) is 3.78. The van der Waals surface area contributed by atoms with Crippen LogP contribution in [0.25, 0.3) is 0 Å². The summed E-state index contributed by atoms with van der Waals surface area (Å²) < 4.78 is 11.2. The van der Waals surface area contributed by atoms with Crippen molar-refractivity contribution in [2.24, 2.45) is 0 Å². The summed E-state index contributed by atoms with van der Waals surface area (Å²) in [4.78, 5) is 29.3. The Hall–Kier alpha value is -3.06. The van der Waals surface area contributed by atoms with Crippen molar-refractivity contribution in [1.82, 2.24) is 9.80 Å². The Balaban J connectivity index is 1.51. The number of piperazine rings is 1. The Labute approximate surface area is 190 Å². The van der Waals surface area contributed by atoms with Gasteiger partial charge in [-0.05, 0) is 44.0 Å². The van der Waals surface area contributed by atoms with E-state index < -0.39 is 0 Å². The molecule has 2 aromatic rings. The number of hydrogen-bond acceptors (Lipinski definition) is 5. The van der Waals surface area contributed by atoms with E-state index in [9.17, 15) is 9.59 Å². The van der Waals surface area contributed by atoms with Crippen molar-refractivity contribution in [1.29, 1.82) is 0 Å². The molecule has 0 atom stereocenters. The monoisotopic (exact) mass is 439 g/mol. The number of anilines is 1. The quantitative estimate of drug-likeness (QED) is 0.650. The number of carbonyl (C=O) groups is 2. The largest absolute Gasteiger partial charge is 0.494 e. The summed E-state index contributed by atoms with van der Waals surface area (Å²) in [5, 5.41) is 2.95. The molecule has 1 aliphatic heterocycles. The molecule has 1 fully saturated rings. The van der Waals surface area contributed by atoms with Gasteiger partial charge in [0.2, 0.25) is 11.8 Å². The van der Waals surface area contributed by atoms with Crippen LogP contribution in [0.15, 0.2) is 42.5 Å². The summed E-state index contributed by atoms with van der Waals surface area (Å²) in [7, 11) is 0. The number of hydrogen-bond donors (Lipinski definition) is 1. The first-order chi connectivity index (χ1) is 15.5. The molecule has 0 unspecified atom stereocenters. The van der Waals surface area contributed by atoms with Gasteiger partial charge in [-0.15, -0.1) is 0 Å². The van der Waals surface area contributed by atoms with E-state index in [4.69, 9.17) is 9.47 Å². The van der Waals surface area contributed by atoms with Gasteiger partial charge in [-0.25, -0.2) is 0 Å². The van der Waals surface area contributed by atoms with Gasteiger partial charge in [0.15, 0.2) is 0 Å². The molecule has 1 heterocycles. The molecule has 32 heavy (non-hydrogen) atoms. The van der Waals surface area contributed by atoms with Gasteiger partial charge in [-0.1, -0.05) is 24.3 Å². The zero-order chi connectivity index (χ0) is 22.9. The first-order valence-corrected chi connectivity index (χ1v) is 11.2. The van der Waals surface area contributed by atoms with E-state index in [1.807, 2.05) is 62.1 Å². The van der Waals surface area contributed by atoms with Crippen molar-refractivity contribution in [3.8, 4) is 11.5 Å². The summed E-state index contributed by atoms with van der Waals surface area (Å²) in [6.45, 7) is 9.77. The van der Waals surface area contributed by atoms with Crippen molar-refractivity contribution in [3.63, 3.8) is 0 Å². The highest BCUT2D eigenvalue weighted by atomic mass is 16.5. The highest BCUT2D eigenvalue weighted by molar-refractivity contribution is 5.94. The van der Waals surface area contributed by atoms with Crippen LogP contribution < -0.4 is 14.8 Å². The minimum Gasteiger partial charge on any atom is -0.494 e. The number of nitrogens with zero attached hydrogens (tertiary/aromatic N) is 2. The van der Waals surface area contributed by atoms with E-state index in [0.29, 0.717) is 63.0 Å². The maximum absolute atomic E-state index is 12.7. The molecule has 7 heteroatoms. The third-order valence-corrected chi connectivity index (χ3v) is 5.53. The lowest BCUT2D eigenvalue weighted by molar-refractivity contribution is -0.132. The lowest BCUT2D eigenvalue weighted by Crippen LogP contribution is -2.50. The van der Waals surface area contributed by atoms with E-state index in [1.165, 1.54) is 0 Å². The second-order valence-corrected chi connectivity index (χ2v) is 7.83. The predicted octanol–water partition coefficient (Wildman–Crippen LogP) is 3.12. The number of carbonyl (C=O) groups excluding carboxylic acids is 2. The maximum Gasteiger partial charge on any atom is 0.238 e. The molecule has 0 spiro atoms. The summed E-state index contributed by atoms with van der Waals surface area (Å²) in [6, 6.07) is 13.4. The van der Waals surface area contributed by atoms with Gasteiger partial charge in [-0.3, -0.25) is 14.5 Å². The van der Waals surface area contributed by atoms with Crippen molar-refractivity contribution < 1.29 is 19.1 Å². The molecule has 1 N–H and O–H groups in total. The highest BCUT2D eigenvalue weighted by Gasteiger charge is 2.23. The first kappa shape index (κ1) is 23.6. The Kier molecular flexibility index (Phi) is 8.50. The average molecular weight is 440 g/mol. The average Bonchev–Trinajstić information content (AvgIpc) is 2.78. The Morgan fingerprint density at radius 2 is 1.69 bits per heavy atom. The molecule has 1 aliphatic rings. The number of benzene rings is 2. The molecule has 0 aliphatic carbocycles. The number of ether oxygens (including phenoxy) is 2. The lowest BCUT2D eigenvalue weighted by Gasteiger charge is -2.34. The maximum atomic E-state index is 12.7. The molecule has 0 saturated carbocycles. The third kappa shape index (κ3) is 6.47. The number of nitrogens with one attached hydrogen (secondary N) is 1. The summed E-state index contributed by atoms with van der Waals surface area (Å²) in [5.74, 6) is 1.33. The zero-order valence-electron chi connectivity index (χ0n) is 19.2. The van der Waals surface area contributed by atoms with Crippen LogP contribution in [0.1, 0.15) is 25.0 Å². The molecule has 172 valence electrons. The third-order valence-electron chi connectivity index (χ3n) is 5.53. The van der Waals surface area contributed by atoms with Crippen molar-refractivity contribution in [2.75, 3.05) is 51.3 Å². The molecule has 0 aromatic heterocycles. The molecule has 0 radical (unpaired) electrons. The Bertz CT molecular complexity index is 923. The number of amides is 2. The zero-order valence-corrected chi connectivity index (χ0v) is 19.2. The molecular formula is C25H33N3O4. The smallest absolute Gasteiger partial charge is 0.238 e. The fourth-order valence-electron chi connectivity index (χ4n) is 3.78. The Morgan fingerprint density at radius 1 is 0.969 bits per heavy atom. The van der Waals surface area contributed by atoms with Crippen molar-refractivity contribution >= 4 is 17.5 Å². The minimum atomic E-state index is -0.112. The van der Waals surface area contributed by atoms with Crippen LogP contribution in [0, 0.1) is 6.92 Å². The molecule has 2 aromatic carbocycles. The van der Waals surface area contributed by atoms with E-state index in [-0.39, 0.29) is 18.4 Å². The standard InChI is InChI=1S/C25H33N3O4/c1-4-31-21-10-11-23(32-5-2)22(17-21)26-24(29)18-27-12-14-28(15-13-27)25(30)16-20-9-7-6-8-19(20)3/h6-11,17H,4-5,12-16,18H2,1-3H3,(H,26,29). The normalized spacial score (nSPS) is 14.2. The van der Waals surface area contributed by atoms with Gasteiger partial charge >= 0.3 is 0 Å². The van der Waals surface area contributed by atoms with Crippen molar-refractivity contribution in [3.05, 3.63) is 53.6 Å². The first-order valence-electron chi connectivity index (χ1n) is 11.2. The number of rotatable bonds is 9. The molecule has 1 saturated heterocycles. The molecule has 7 nitrogen and oxygen atoms in total. The topological polar surface area (TPSA) is 71.1 Å². The fraction of sp³-hybridized carbons (Fsp3) is 0.440. The molecule has 0 bridgehead atoms. The van der Waals surface area contributed by atoms with Gasteiger partial charge < -0.3 is 19.7 Å². The summed E-state index contributed by atoms with van der Waals surface area (Å²) >= 11 is 0.